The molecule has 0 aromatic carbocycles. The molecule has 0 aliphatic carbocycles. The number of aliphatic hydroxyl groups excluding tert-OH is 3. The summed E-state index contributed by atoms with van der Waals surface area (Å²) in [5.41, 5.74) is 0. The van der Waals surface area contributed by atoms with Crippen molar-refractivity contribution in [1.29, 1.82) is 0 Å². The summed E-state index contributed by atoms with van der Waals surface area (Å²) >= 11 is 0. The molecule has 1 rings (SSSR count). The van der Waals surface area contributed by atoms with Crippen LogP contribution in [0.15, 0.2) is 24.4 Å². The molecule has 1 heterocycles. The highest BCUT2D eigenvalue weighted by Crippen LogP contribution is 2.01. The predicted molar refractivity (Wildman–Crippen MR) is 51.8 cm³/mol. The Morgan fingerprint density at radius 3 is 2.64 bits per heavy atom. The molecule has 0 saturated carbocycles. The van der Waals surface area contributed by atoms with E-state index in [1.165, 1.54) is 0 Å². The molecule has 0 aliphatic heterocycles. The van der Waals surface area contributed by atoms with Crippen LogP contribution in [-0.4, -0.2) is 45.7 Å². The van der Waals surface area contributed by atoms with Gasteiger partial charge >= 0.3 is 0 Å². The third-order valence-corrected chi connectivity index (χ3v) is 1.79. The SMILES string of the molecule is OC[C@H](O)[C@@H](O)CNc1ccccn1. The van der Waals surface area contributed by atoms with Gasteiger partial charge < -0.3 is 20.6 Å². The Balaban J connectivity index is 2.34. The van der Waals surface area contributed by atoms with Gasteiger partial charge in [-0.3, -0.25) is 0 Å². The summed E-state index contributed by atoms with van der Waals surface area (Å²) < 4.78 is 0. The highest BCUT2D eigenvalue weighted by molar-refractivity contribution is 5.33. The summed E-state index contributed by atoms with van der Waals surface area (Å²) in [4.78, 5) is 3.97. The van der Waals surface area contributed by atoms with E-state index in [4.69, 9.17) is 10.2 Å². The molecule has 4 N–H and O–H groups in total. The summed E-state index contributed by atoms with van der Waals surface area (Å²) in [6, 6.07) is 5.34. The van der Waals surface area contributed by atoms with Crippen LogP contribution in [-0.2, 0) is 0 Å². The zero-order chi connectivity index (χ0) is 10.4. The zero-order valence-corrected chi connectivity index (χ0v) is 7.67. The normalized spacial score (nSPS) is 14.8. The number of rotatable bonds is 5. The van der Waals surface area contributed by atoms with E-state index in [1.54, 1.807) is 18.3 Å². The Bertz CT molecular complexity index is 255. The van der Waals surface area contributed by atoms with Gasteiger partial charge in [0.05, 0.1) is 12.7 Å². The Morgan fingerprint density at radius 1 is 1.29 bits per heavy atom. The van der Waals surface area contributed by atoms with Gasteiger partial charge in [0, 0.05) is 12.7 Å². The summed E-state index contributed by atoms with van der Waals surface area (Å²) in [6.07, 6.45) is -0.495. The highest BCUT2D eigenvalue weighted by Gasteiger charge is 2.14. The van der Waals surface area contributed by atoms with E-state index >= 15 is 0 Å². The Kier molecular flexibility index (Phi) is 4.31. The third-order valence-electron chi connectivity index (χ3n) is 1.79. The summed E-state index contributed by atoms with van der Waals surface area (Å²) in [6.45, 7) is -0.302. The van der Waals surface area contributed by atoms with Crippen molar-refractivity contribution in [3.8, 4) is 0 Å². The van der Waals surface area contributed by atoms with E-state index in [2.05, 4.69) is 10.3 Å². The Labute approximate surface area is 82.0 Å². The van der Waals surface area contributed by atoms with E-state index in [1.807, 2.05) is 6.07 Å². The maximum Gasteiger partial charge on any atom is 0.125 e. The average Bonchev–Trinajstić information content (AvgIpc) is 2.26. The number of hydrogen-bond acceptors (Lipinski definition) is 5. The number of pyridine rings is 1. The number of aliphatic hydroxyl groups is 3. The van der Waals surface area contributed by atoms with E-state index in [0.29, 0.717) is 5.82 Å². The minimum atomic E-state index is -1.12. The highest BCUT2D eigenvalue weighted by atomic mass is 16.4. The molecule has 1 aromatic heterocycles. The van der Waals surface area contributed by atoms with Gasteiger partial charge in [0.15, 0.2) is 0 Å². The van der Waals surface area contributed by atoms with Crippen LogP contribution in [0, 0.1) is 0 Å². The third kappa shape index (κ3) is 3.29. The minimum Gasteiger partial charge on any atom is -0.394 e. The van der Waals surface area contributed by atoms with E-state index in [0.717, 1.165) is 0 Å². The maximum atomic E-state index is 9.28. The molecule has 0 fully saturated rings. The van der Waals surface area contributed by atoms with Crippen LogP contribution in [0.2, 0.25) is 0 Å². The first-order chi connectivity index (χ1) is 6.74. The van der Waals surface area contributed by atoms with Gasteiger partial charge in [-0.25, -0.2) is 4.98 Å². The van der Waals surface area contributed by atoms with Crippen LogP contribution in [0.4, 0.5) is 5.82 Å². The molecular formula is C9H14N2O3. The van der Waals surface area contributed by atoms with Crippen molar-refractivity contribution in [1.82, 2.24) is 4.98 Å². The lowest BCUT2D eigenvalue weighted by atomic mass is 10.2. The van der Waals surface area contributed by atoms with Gasteiger partial charge in [-0.2, -0.15) is 0 Å². The Hall–Kier alpha value is -1.17. The fraction of sp³-hybridized carbons (Fsp3) is 0.444. The molecular weight excluding hydrogens is 184 g/mol. The average molecular weight is 198 g/mol. The van der Waals surface area contributed by atoms with Gasteiger partial charge in [0.2, 0.25) is 0 Å². The van der Waals surface area contributed by atoms with Crippen molar-refractivity contribution < 1.29 is 15.3 Å². The largest absolute Gasteiger partial charge is 0.394 e. The quantitative estimate of drug-likeness (QED) is 0.498. The number of nitrogens with zero attached hydrogens (tertiary/aromatic N) is 1. The van der Waals surface area contributed by atoms with Crippen LogP contribution in [0.5, 0.6) is 0 Å². The van der Waals surface area contributed by atoms with Crippen molar-refractivity contribution in [2.24, 2.45) is 0 Å². The van der Waals surface area contributed by atoms with Gasteiger partial charge in [-0.05, 0) is 12.1 Å². The summed E-state index contributed by atoms with van der Waals surface area (Å²) in [7, 11) is 0. The molecule has 1 aromatic rings. The summed E-state index contributed by atoms with van der Waals surface area (Å²) in [5.74, 6) is 0.622. The molecule has 5 nitrogen and oxygen atoms in total. The van der Waals surface area contributed by atoms with Gasteiger partial charge in [0.1, 0.15) is 11.9 Å². The van der Waals surface area contributed by atoms with Gasteiger partial charge in [0.25, 0.3) is 0 Å². The number of nitrogens with one attached hydrogen (secondary N) is 1. The molecule has 0 spiro atoms. The van der Waals surface area contributed by atoms with Crippen LogP contribution in [0.3, 0.4) is 0 Å². The lowest BCUT2D eigenvalue weighted by Gasteiger charge is -2.16. The fourth-order valence-corrected chi connectivity index (χ4v) is 0.934. The molecule has 14 heavy (non-hydrogen) atoms. The molecule has 0 bridgehead atoms. The van der Waals surface area contributed by atoms with Crippen LogP contribution < -0.4 is 5.32 Å². The fourth-order valence-electron chi connectivity index (χ4n) is 0.934. The van der Waals surface area contributed by atoms with Gasteiger partial charge in [-0.15, -0.1) is 0 Å². The van der Waals surface area contributed by atoms with E-state index in [9.17, 15) is 5.11 Å². The molecule has 5 heteroatoms. The van der Waals surface area contributed by atoms with Crippen molar-refractivity contribution in [3.63, 3.8) is 0 Å². The van der Waals surface area contributed by atoms with Gasteiger partial charge in [-0.1, -0.05) is 6.07 Å². The van der Waals surface area contributed by atoms with Crippen molar-refractivity contribution in [2.45, 2.75) is 12.2 Å². The van der Waals surface area contributed by atoms with E-state index in [-0.39, 0.29) is 6.54 Å². The second-order valence-corrected chi connectivity index (χ2v) is 2.91. The lowest BCUT2D eigenvalue weighted by Crippen LogP contribution is -2.35. The molecule has 78 valence electrons. The molecule has 0 aliphatic rings. The Morgan fingerprint density at radius 2 is 2.07 bits per heavy atom. The molecule has 0 radical (unpaired) electrons. The van der Waals surface area contributed by atoms with Crippen LogP contribution >= 0.6 is 0 Å². The topological polar surface area (TPSA) is 85.6 Å². The second kappa shape index (κ2) is 5.54. The first-order valence-electron chi connectivity index (χ1n) is 4.36. The van der Waals surface area contributed by atoms with Crippen molar-refractivity contribution >= 4 is 5.82 Å². The first-order valence-corrected chi connectivity index (χ1v) is 4.36. The standard InChI is InChI=1S/C9H14N2O3/c12-6-8(14)7(13)5-11-9-3-1-2-4-10-9/h1-4,7-8,12-14H,5-6H2,(H,10,11)/t7-,8-/m0/s1. The number of hydrogen-bond donors (Lipinski definition) is 4. The predicted octanol–water partition coefficient (Wildman–Crippen LogP) is -0.792. The van der Waals surface area contributed by atoms with E-state index < -0.39 is 18.8 Å². The smallest absolute Gasteiger partial charge is 0.125 e. The van der Waals surface area contributed by atoms with Crippen molar-refractivity contribution in [2.75, 3.05) is 18.5 Å². The molecule has 0 saturated heterocycles. The van der Waals surface area contributed by atoms with Crippen LogP contribution in [0.1, 0.15) is 0 Å². The second-order valence-electron chi connectivity index (χ2n) is 2.91. The molecule has 2 atom stereocenters. The number of aromatic nitrogens is 1. The monoisotopic (exact) mass is 198 g/mol. The van der Waals surface area contributed by atoms with Crippen LogP contribution in [0.25, 0.3) is 0 Å². The minimum absolute atomic E-state index is 0.152. The van der Waals surface area contributed by atoms with Crippen molar-refractivity contribution in [3.05, 3.63) is 24.4 Å². The molecule has 0 unspecified atom stereocenters. The maximum absolute atomic E-state index is 9.28. The zero-order valence-electron chi connectivity index (χ0n) is 7.67. The molecule has 0 amide bonds. The lowest BCUT2D eigenvalue weighted by molar-refractivity contribution is -0.00703. The summed E-state index contributed by atoms with van der Waals surface area (Å²) in [5, 5.41) is 29.7. The first kappa shape index (κ1) is 10.9. The number of anilines is 1.